The highest BCUT2D eigenvalue weighted by Crippen LogP contribution is 2.23. The monoisotopic (exact) mass is 389 g/mol. The predicted molar refractivity (Wildman–Crippen MR) is 119 cm³/mol. The second-order valence-electron chi connectivity index (χ2n) is 7.82. The Bertz CT molecular complexity index is 867. The summed E-state index contributed by atoms with van der Waals surface area (Å²) in [5.41, 5.74) is 4.54. The normalized spacial score (nSPS) is 15.6. The van der Waals surface area contributed by atoms with E-state index in [4.69, 9.17) is 5.10 Å². The number of hydrogen-bond donors (Lipinski definition) is 1. The number of rotatable bonds is 8. The third-order valence-electron chi connectivity index (χ3n) is 5.60. The molecule has 0 saturated carbocycles. The third kappa shape index (κ3) is 5.32. The van der Waals surface area contributed by atoms with Gasteiger partial charge in [0.15, 0.2) is 0 Å². The van der Waals surface area contributed by atoms with Crippen molar-refractivity contribution in [3.63, 3.8) is 0 Å². The Hall–Kier alpha value is -2.47. The van der Waals surface area contributed by atoms with Gasteiger partial charge in [-0.25, -0.2) is 4.68 Å². The summed E-state index contributed by atoms with van der Waals surface area (Å²) in [6.45, 7) is 7.79. The second-order valence-corrected chi connectivity index (χ2v) is 7.82. The average molecular weight is 390 g/mol. The molecule has 1 aliphatic rings. The lowest BCUT2D eigenvalue weighted by Gasteiger charge is -2.32. The molecule has 2 aromatic carbocycles. The summed E-state index contributed by atoms with van der Waals surface area (Å²) in [5, 5.41) is 8.53. The van der Waals surface area contributed by atoms with Gasteiger partial charge in [0.2, 0.25) is 0 Å². The van der Waals surface area contributed by atoms with Crippen molar-refractivity contribution in [3.05, 3.63) is 72.4 Å². The average Bonchev–Trinajstić information content (AvgIpc) is 3.20. The fourth-order valence-electron chi connectivity index (χ4n) is 3.81. The molecule has 1 aromatic heterocycles. The molecule has 1 aliphatic heterocycles. The predicted octanol–water partition coefficient (Wildman–Crippen LogP) is 3.27. The van der Waals surface area contributed by atoms with Gasteiger partial charge in [0.25, 0.3) is 0 Å². The zero-order chi connectivity index (χ0) is 19.9. The summed E-state index contributed by atoms with van der Waals surface area (Å²) >= 11 is 0. The second kappa shape index (κ2) is 9.83. The van der Waals surface area contributed by atoms with Crippen LogP contribution in [-0.4, -0.2) is 65.9 Å². The van der Waals surface area contributed by atoms with E-state index in [1.54, 1.807) is 0 Å². The molecule has 1 N–H and O–H groups in total. The van der Waals surface area contributed by atoms with Crippen LogP contribution in [0.3, 0.4) is 0 Å². The van der Waals surface area contributed by atoms with Crippen molar-refractivity contribution in [1.82, 2.24) is 24.9 Å². The summed E-state index contributed by atoms with van der Waals surface area (Å²) in [6.07, 6.45) is 3.34. The molecule has 29 heavy (non-hydrogen) atoms. The topological polar surface area (TPSA) is 36.3 Å². The number of hydrogen-bond acceptors (Lipinski definition) is 4. The maximum Gasteiger partial charge on any atom is 0.0972 e. The number of aromatic nitrogens is 2. The fraction of sp³-hybridized carbons (Fsp3) is 0.375. The Balaban J connectivity index is 1.37. The first kappa shape index (κ1) is 19.8. The Kier molecular flexibility index (Phi) is 6.72. The van der Waals surface area contributed by atoms with Gasteiger partial charge < -0.3 is 15.1 Å². The minimum absolute atomic E-state index is 0.833. The van der Waals surface area contributed by atoms with Gasteiger partial charge in [-0.2, -0.15) is 5.10 Å². The summed E-state index contributed by atoms with van der Waals surface area (Å²) < 4.78 is 1.99. The Labute approximate surface area is 174 Å². The number of nitrogens with zero attached hydrogens (tertiary/aromatic N) is 4. The molecule has 5 nitrogen and oxygen atoms in total. The molecule has 0 unspecified atom stereocenters. The highest BCUT2D eigenvalue weighted by molar-refractivity contribution is 5.63. The van der Waals surface area contributed by atoms with E-state index in [1.807, 2.05) is 16.8 Å². The molecule has 152 valence electrons. The molecule has 0 amide bonds. The lowest BCUT2D eigenvalue weighted by molar-refractivity contribution is 0.153. The van der Waals surface area contributed by atoms with Crippen LogP contribution >= 0.6 is 0 Å². The number of nitrogens with one attached hydrogen (secondary N) is 1. The van der Waals surface area contributed by atoms with E-state index in [-0.39, 0.29) is 0 Å². The molecule has 1 fully saturated rings. The lowest BCUT2D eigenvalue weighted by atomic mass is 10.1. The van der Waals surface area contributed by atoms with E-state index in [0.29, 0.717) is 0 Å². The van der Waals surface area contributed by atoms with Gasteiger partial charge in [-0.1, -0.05) is 48.5 Å². The summed E-state index contributed by atoms with van der Waals surface area (Å²) in [4.78, 5) is 4.98. The molecule has 3 aromatic rings. The van der Waals surface area contributed by atoms with Gasteiger partial charge in [0, 0.05) is 50.0 Å². The van der Waals surface area contributed by atoms with Crippen LogP contribution in [0.25, 0.3) is 16.9 Å². The Morgan fingerprint density at radius 1 is 0.897 bits per heavy atom. The highest BCUT2D eigenvalue weighted by atomic mass is 15.3. The zero-order valence-electron chi connectivity index (χ0n) is 17.3. The van der Waals surface area contributed by atoms with Crippen molar-refractivity contribution in [2.45, 2.75) is 13.0 Å². The number of benzene rings is 2. The molecular weight excluding hydrogens is 358 g/mol. The van der Waals surface area contributed by atoms with Crippen molar-refractivity contribution in [2.75, 3.05) is 46.3 Å². The van der Waals surface area contributed by atoms with Crippen LogP contribution < -0.4 is 5.32 Å². The van der Waals surface area contributed by atoms with Crippen molar-refractivity contribution in [1.29, 1.82) is 0 Å². The molecule has 2 heterocycles. The van der Waals surface area contributed by atoms with Crippen LogP contribution in [0.1, 0.15) is 12.0 Å². The van der Waals surface area contributed by atoms with Gasteiger partial charge in [0.05, 0.1) is 11.4 Å². The van der Waals surface area contributed by atoms with Gasteiger partial charge in [-0.05, 0) is 38.7 Å². The van der Waals surface area contributed by atoms with E-state index in [0.717, 1.165) is 30.0 Å². The third-order valence-corrected chi connectivity index (χ3v) is 5.60. The van der Waals surface area contributed by atoms with Crippen molar-refractivity contribution in [2.24, 2.45) is 0 Å². The van der Waals surface area contributed by atoms with Crippen LogP contribution in [0, 0.1) is 0 Å². The first-order valence-corrected chi connectivity index (χ1v) is 10.6. The summed E-state index contributed by atoms with van der Waals surface area (Å²) in [7, 11) is 2.21. The maximum absolute atomic E-state index is 4.89. The van der Waals surface area contributed by atoms with Gasteiger partial charge in [0.1, 0.15) is 0 Å². The van der Waals surface area contributed by atoms with Gasteiger partial charge >= 0.3 is 0 Å². The van der Waals surface area contributed by atoms with Crippen molar-refractivity contribution < 1.29 is 0 Å². The lowest BCUT2D eigenvalue weighted by Crippen LogP contribution is -2.45. The fourth-order valence-corrected chi connectivity index (χ4v) is 3.81. The van der Waals surface area contributed by atoms with E-state index in [1.165, 1.54) is 44.7 Å². The SMILES string of the molecule is CN1CCN(CCCNCc2cn(-c3ccccc3)nc2-c2ccccc2)CC1. The highest BCUT2D eigenvalue weighted by Gasteiger charge is 2.14. The minimum atomic E-state index is 0.833. The maximum atomic E-state index is 4.89. The number of para-hydroxylation sites is 1. The first-order chi connectivity index (χ1) is 14.3. The van der Waals surface area contributed by atoms with E-state index in [9.17, 15) is 0 Å². The standard InChI is InChI=1S/C24H31N5/c1-27-15-17-28(18-16-27)14-8-13-25-19-22-20-29(23-11-6-3-7-12-23)26-24(22)21-9-4-2-5-10-21/h2-7,9-12,20,25H,8,13-19H2,1H3. The Morgan fingerprint density at radius 3 is 2.31 bits per heavy atom. The van der Waals surface area contributed by atoms with Gasteiger partial charge in [-0.15, -0.1) is 0 Å². The number of likely N-dealkylation sites (N-methyl/N-ethyl adjacent to an activating group) is 1. The molecule has 0 aliphatic carbocycles. The first-order valence-electron chi connectivity index (χ1n) is 10.6. The molecular formula is C24H31N5. The van der Waals surface area contributed by atoms with Crippen LogP contribution in [0.5, 0.6) is 0 Å². The van der Waals surface area contributed by atoms with E-state index >= 15 is 0 Å². The molecule has 1 saturated heterocycles. The minimum Gasteiger partial charge on any atom is -0.312 e. The van der Waals surface area contributed by atoms with Crippen molar-refractivity contribution in [3.8, 4) is 16.9 Å². The van der Waals surface area contributed by atoms with Crippen molar-refractivity contribution >= 4 is 0 Å². The van der Waals surface area contributed by atoms with Crippen LogP contribution in [0.4, 0.5) is 0 Å². The van der Waals surface area contributed by atoms with Gasteiger partial charge in [-0.3, -0.25) is 0 Å². The largest absolute Gasteiger partial charge is 0.312 e. The molecule has 0 radical (unpaired) electrons. The quantitative estimate of drug-likeness (QED) is 0.600. The molecule has 0 spiro atoms. The summed E-state index contributed by atoms with van der Waals surface area (Å²) in [6, 6.07) is 20.8. The molecule has 4 rings (SSSR count). The zero-order valence-corrected chi connectivity index (χ0v) is 17.3. The molecule has 5 heteroatoms. The number of piperazine rings is 1. The van der Waals surface area contributed by atoms with Crippen LogP contribution in [0.15, 0.2) is 66.9 Å². The smallest absolute Gasteiger partial charge is 0.0972 e. The Morgan fingerprint density at radius 2 is 1.59 bits per heavy atom. The van der Waals surface area contributed by atoms with Crippen LogP contribution in [0.2, 0.25) is 0 Å². The summed E-state index contributed by atoms with van der Waals surface area (Å²) in [5.74, 6) is 0. The van der Waals surface area contributed by atoms with Crippen LogP contribution in [-0.2, 0) is 6.54 Å². The van der Waals surface area contributed by atoms with E-state index in [2.05, 4.69) is 76.9 Å². The van der Waals surface area contributed by atoms with E-state index < -0.39 is 0 Å². The molecule has 0 bridgehead atoms. The molecule has 0 atom stereocenters.